The SMILES string of the molecule is CCOc1ccc2cc(C#N)c(SCC(=O)Nc3ccc(C)cc3C)nc2c1. The molecule has 0 aliphatic carbocycles. The van der Waals surface area contributed by atoms with Crippen LogP contribution in [0, 0.1) is 25.2 Å². The summed E-state index contributed by atoms with van der Waals surface area (Å²) >= 11 is 1.26. The number of thioether (sulfide) groups is 1. The molecule has 0 fully saturated rings. The van der Waals surface area contributed by atoms with Gasteiger partial charge in [0.1, 0.15) is 16.8 Å². The molecule has 5 nitrogen and oxygen atoms in total. The molecule has 1 aromatic heterocycles. The maximum absolute atomic E-state index is 12.4. The van der Waals surface area contributed by atoms with Crippen LogP contribution in [0.1, 0.15) is 23.6 Å². The van der Waals surface area contributed by atoms with Crippen LogP contribution in [0.15, 0.2) is 47.5 Å². The summed E-state index contributed by atoms with van der Waals surface area (Å²) in [5.41, 5.74) is 4.16. The second-order valence-corrected chi connectivity index (χ2v) is 7.36. The quantitative estimate of drug-likeness (QED) is 0.608. The van der Waals surface area contributed by atoms with E-state index in [-0.39, 0.29) is 11.7 Å². The van der Waals surface area contributed by atoms with Crippen molar-refractivity contribution in [1.82, 2.24) is 4.98 Å². The zero-order valence-corrected chi connectivity index (χ0v) is 16.9. The summed E-state index contributed by atoms with van der Waals surface area (Å²) in [7, 11) is 0. The topological polar surface area (TPSA) is 75.0 Å². The first-order valence-corrected chi connectivity index (χ1v) is 9.96. The molecule has 3 aromatic rings. The predicted molar refractivity (Wildman–Crippen MR) is 113 cm³/mol. The number of fused-ring (bicyclic) bond motifs is 1. The molecule has 0 spiro atoms. The monoisotopic (exact) mass is 391 g/mol. The number of benzene rings is 2. The van der Waals surface area contributed by atoms with Crippen LogP contribution in [-0.4, -0.2) is 23.3 Å². The first-order valence-electron chi connectivity index (χ1n) is 8.97. The van der Waals surface area contributed by atoms with E-state index in [1.54, 1.807) is 6.07 Å². The molecule has 28 heavy (non-hydrogen) atoms. The summed E-state index contributed by atoms with van der Waals surface area (Å²) in [6.07, 6.45) is 0. The van der Waals surface area contributed by atoms with Crippen molar-refractivity contribution < 1.29 is 9.53 Å². The second-order valence-electron chi connectivity index (χ2n) is 6.40. The van der Waals surface area contributed by atoms with Crippen LogP contribution in [0.2, 0.25) is 0 Å². The maximum atomic E-state index is 12.4. The summed E-state index contributed by atoms with van der Waals surface area (Å²) < 4.78 is 5.52. The number of rotatable bonds is 6. The molecule has 0 unspecified atom stereocenters. The zero-order chi connectivity index (χ0) is 20.1. The number of nitrogens with zero attached hydrogens (tertiary/aromatic N) is 2. The average molecular weight is 391 g/mol. The number of nitriles is 1. The van der Waals surface area contributed by atoms with Crippen molar-refractivity contribution in [3.05, 3.63) is 59.2 Å². The fourth-order valence-electron chi connectivity index (χ4n) is 2.85. The third-order valence-corrected chi connectivity index (χ3v) is 5.17. The van der Waals surface area contributed by atoms with E-state index in [4.69, 9.17) is 4.74 Å². The van der Waals surface area contributed by atoms with Gasteiger partial charge in [0.2, 0.25) is 5.91 Å². The van der Waals surface area contributed by atoms with Crippen molar-refractivity contribution in [1.29, 1.82) is 5.26 Å². The second kappa shape index (κ2) is 8.77. The Morgan fingerprint density at radius 2 is 2.04 bits per heavy atom. The Labute approximate surface area is 168 Å². The number of aryl methyl sites for hydroxylation is 2. The fourth-order valence-corrected chi connectivity index (χ4v) is 3.61. The van der Waals surface area contributed by atoms with Gasteiger partial charge in [-0.1, -0.05) is 29.5 Å². The third-order valence-electron chi connectivity index (χ3n) is 4.18. The largest absolute Gasteiger partial charge is 0.494 e. The van der Waals surface area contributed by atoms with Crippen LogP contribution in [0.4, 0.5) is 5.69 Å². The zero-order valence-electron chi connectivity index (χ0n) is 16.1. The standard InChI is InChI=1S/C22H21N3O2S/c1-4-27-18-7-6-16-10-17(12-23)22(25-20(16)11-18)28-13-21(26)24-19-8-5-14(2)9-15(19)3/h5-11H,4,13H2,1-3H3,(H,24,26). The number of aromatic nitrogens is 1. The lowest BCUT2D eigenvalue weighted by molar-refractivity contribution is -0.113. The highest BCUT2D eigenvalue weighted by atomic mass is 32.2. The van der Waals surface area contributed by atoms with E-state index in [2.05, 4.69) is 16.4 Å². The van der Waals surface area contributed by atoms with Gasteiger partial charge in [0.25, 0.3) is 0 Å². The summed E-state index contributed by atoms with van der Waals surface area (Å²) in [6, 6.07) is 15.4. The fraction of sp³-hybridized carbons (Fsp3) is 0.227. The van der Waals surface area contributed by atoms with Crippen LogP contribution in [0.3, 0.4) is 0 Å². The smallest absolute Gasteiger partial charge is 0.234 e. The molecular formula is C22H21N3O2S. The van der Waals surface area contributed by atoms with Gasteiger partial charge < -0.3 is 10.1 Å². The molecule has 2 aromatic carbocycles. The van der Waals surface area contributed by atoms with Gasteiger partial charge in [-0.05, 0) is 50.6 Å². The molecule has 3 rings (SSSR count). The van der Waals surface area contributed by atoms with Crippen LogP contribution in [-0.2, 0) is 4.79 Å². The van der Waals surface area contributed by atoms with Gasteiger partial charge in [-0.2, -0.15) is 5.26 Å². The minimum Gasteiger partial charge on any atom is -0.494 e. The number of anilines is 1. The lowest BCUT2D eigenvalue weighted by Crippen LogP contribution is -2.15. The molecule has 1 N–H and O–H groups in total. The highest BCUT2D eigenvalue weighted by molar-refractivity contribution is 8.00. The van der Waals surface area contributed by atoms with Gasteiger partial charge in [-0.25, -0.2) is 4.98 Å². The molecule has 142 valence electrons. The third kappa shape index (κ3) is 4.62. The molecule has 6 heteroatoms. The highest BCUT2D eigenvalue weighted by Gasteiger charge is 2.12. The lowest BCUT2D eigenvalue weighted by Gasteiger charge is -2.10. The van der Waals surface area contributed by atoms with Crippen molar-refractivity contribution >= 4 is 34.3 Å². The molecule has 0 radical (unpaired) electrons. The van der Waals surface area contributed by atoms with Crippen LogP contribution in [0.25, 0.3) is 10.9 Å². The van der Waals surface area contributed by atoms with Crippen molar-refractivity contribution in [2.24, 2.45) is 0 Å². The van der Waals surface area contributed by atoms with E-state index >= 15 is 0 Å². The van der Waals surface area contributed by atoms with Crippen molar-refractivity contribution in [2.75, 3.05) is 17.7 Å². The summed E-state index contributed by atoms with van der Waals surface area (Å²) in [5.74, 6) is 0.771. The molecular weight excluding hydrogens is 370 g/mol. The molecule has 0 atom stereocenters. The summed E-state index contributed by atoms with van der Waals surface area (Å²) in [4.78, 5) is 16.9. The molecule has 1 heterocycles. The molecule has 0 aliphatic heterocycles. The van der Waals surface area contributed by atoms with Gasteiger partial charge >= 0.3 is 0 Å². The molecule has 0 saturated heterocycles. The number of hydrogen-bond donors (Lipinski definition) is 1. The van der Waals surface area contributed by atoms with Gasteiger partial charge in [-0.15, -0.1) is 0 Å². The van der Waals surface area contributed by atoms with E-state index in [9.17, 15) is 10.1 Å². The van der Waals surface area contributed by atoms with Crippen LogP contribution >= 0.6 is 11.8 Å². The first kappa shape index (κ1) is 19.7. The highest BCUT2D eigenvalue weighted by Crippen LogP contribution is 2.27. The van der Waals surface area contributed by atoms with E-state index in [0.29, 0.717) is 17.2 Å². The normalized spacial score (nSPS) is 10.5. The van der Waals surface area contributed by atoms with Crippen molar-refractivity contribution in [3.8, 4) is 11.8 Å². The van der Waals surface area contributed by atoms with Gasteiger partial charge in [0.15, 0.2) is 0 Å². The Morgan fingerprint density at radius 3 is 2.75 bits per heavy atom. The summed E-state index contributed by atoms with van der Waals surface area (Å²) in [5, 5.41) is 13.8. The molecule has 0 saturated carbocycles. The van der Waals surface area contributed by atoms with Crippen LogP contribution in [0.5, 0.6) is 5.75 Å². The van der Waals surface area contributed by atoms with Crippen molar-refractivity contribution in [2.45, 2.75) is 25.8 Å². The Kier molecular flexibility index (Phi) is 6.17. The maximum Gasteiger partial charge on any atom is 0.234 e. The number of pyridine rings is 1. The van der Waals surface area contributed by atoms with Gasteiger partial charge in [0.05, 0.1) is 23.4 Å². The molecule has 1 amide bonds. The van der Waals surface area contributed by atoms with E-state index < -0.39 is 0 Å². The Balaban J connectivity index is 1.76. The predicted octanol–water partition coefficient (Wildman–Crippen LogP) is 4.85. The number of carbonyl (C=O) groups is 1. The number of amides is 1. The van der Waals surface area contributed by atoms with Crippen LogP contribution < -0.4 is 10.1 Å². The van der Waals surface area contributed by atoms with E-state index in [0.717, 1.165) is 33.5 Å². The first-order chi connectivity index (χ1) is 13.5. The van der Waals surface area contributed by atoms with Gasteiger partial charge in [0, 0.05) is 17.1 Å². The van der Waals surface area contributed by atoms with E-state index in [1.807, 2.05) is 57.2 Å². The van der Waals surface area contributed by atoms with Crippen molar-refractivity contribution in [3.63, 3.8) is 0 Å². The number of ether oxygens (including phenoxy) is 1. The Hall–Kier alpha value is -3.04. The number of hydrogen-bond acceptors (Lipinski definition) is 5. The lowest BCUT2D eigenvalue weighted by atomic mass is 10.1. The number of nitrogens with one attached hydrogen (secondary N) is 1. The van der Waals surface area contributed by atoms with E-state index in [1.165, 1.54) is 11.8 Å². The minimum atomic E-state index is -0.134. The molecule has 0 aliphatic rings. The Bertz CT molecular complexity index is 1070. The average Bonchev–Trinajstić information content (AvgIpc) is 2.68. The minimum absolute atomic E-state index is 0.134. The summed E-state index contributed by atoms with van der Waals surface area (Å²) in [6.45, 7) is 6.47. The number of carbonyl (C=O) groups excluding carboxylic acids is 1. The molecule has 0 bridgehead atoms. The Morgan fingerprint density at radius 1 is 1.21 bits per heavy atom. The van der Waals surface area contributed by atoms with Gasteiger partial charge in [-0.3, -0.25) is 4.79 Å².